The maximum atomic E-state index is 10.8. The zero-order valence-corrected chi connectivity index (χ0v) is 7.63. The molecule has 14 heavy (non-hydrogen) atoms. The third-order valence-corrected chi connectivity index (χ3v) is 1.95. The first-order valence-electron chi connectivity index (χ1n) is 4.39. The van der Waals surface area contributed by atoms with Crippen molar-refractivity contribution in [1.29, 1.82) is 0 Å². The molecule has 0 saturated carbocycles. The Hall–Kier alpha value is -1.90. The van der Waals surface area contributed by atoms with Gasteiger partial charge in [0.25, 0.3) is 0 Å². The largest absolute Gasteiger partial charge is 0.350 e. The van der Waals surface area contributed by atoms with E-state index in [9.17, 15) is 4.79 Å². The summed E-state index contributed by atoms with van der Waals surface area (Å²) in [5.41, 5.74) is 1.16. The van der Waals surface area contributed by atoms with E-state index in [0.29, 0.717) is 0 Å². The molecule has 0 unspecified atom stereocenters. The van der Waals surface area contributed by atoms with Gasteiger partial charge in [-0.1, -0.05) is 6.07 Å². The van der Waals surface area contributed by atoms with E-state index in [2.05, 4.69) is 4.98 Å². The van der Waals surface area contributed by atoms with Crippen LogP contribution < -0.4 is 5.43 Å². The zero-order valence-electron chi connectivity index (χ0n) is 7.63. The van der Waals surface area contributed by atoms with Gasteiger partial charge < -0.3 is 4.57 Å². The van der Waals surface area contributed by atoms with Gasteiger partial charge in [0.1, 0.15) is 0 Å². The molecule has 0 amide bonds. The fourth-order valence-corrected chi connectivity index (χ4v) is 1.25. The van der Waals surface area contributed by atoms with E-state index in [1.807, 2.05) is 22.9 Å². The summed E-state index contributed by atoms with van der Waals surface area (Å²) in [5.74, 6) is 0. The van der Waals surface area contributed by atoms with Crippen molar-refractivity contribution in [1.82, 2.24) is 9.55 Å². The van der Waals surface area contributed by atoms with E-state index in [0.717, 1.165) is 12.1 Å². The number of aromatic nitrogens is 2. The van der Waals surface area contributed by atoms with Crippen molar-refractivity contribution >= 4 is 0 Å². The standard InChI is InChI=1S/C11H10N2O/c14-11-3-6-13(7-4-11)9-10-2-1-5-12-8-10/h1-8H,9H2. The van der Waals surface area contributed by atoms with Gasteiger partial charge in [0.2, 0.25) is 0 Å². The molecule has 0 spiro atoms. The van der Waals surface area contributed by atoms with E-state index in [-0.39, 0.29) is 5.43 Å². The van der Waals surface area contributed by atoms with Crippen LogP contribution in [0.3, 0.4) is 0 Å². The van der Waals surface area contributed by atoms with Crippen molar-refractivity contribution < 1.29 is 0 Å². The predicted molar refractivity (Wildman–Crippen MR) is 54.0 cm³/mol. The summed E-state index contributed by atoms with van der Waals surface area (Å²) < 4.78 is 1.94. The average Bonchev–Trinajstić information content (AvgIpc) is 2.23. The summed E-state index contributed by atoms with van der Waals surface area (Å²) in [6.45, 7) is 0.744. The van der Waals surface area contributed by atoms with Crippen molar-refractivity contribution in [3.63, 3.8) is 0 Å². The molecule has 0 aliphatic carbocycles. The fourth-order valence-electron chi connectivity index (χ4n) is 1.25. The van der Waals surface area contributed by atoms with Crippen molar-refractivity contribution in [2.24, 2.45) is 0 Å². The van der Waals surface area contributed by atoms with E-state index in [4.69, 9.17) is 0 Å². The Labute approximate surface area is 81.7 Å². The summed E-state index contributed by atoms with van der Waals surface area (Å²) in [5, 5.41) is 0. The Morgan fingerprint density at radius 1 is 1.21 bits per heavy atom. The van der Waals surface area contributed by atoms with Crippen molar-refractivity contribution in [3.05, 3.63) is 64.8 Å². The molecule has 0 fully saturated rings. The first-order valence-corrected chi connectivity index (χ1v) is 4.39. The second-order valence-electron chi connectivity index (χ2n) is 3.07. The predicted octanol–water partition coefficient (Wildman–Crippen LogP) is 1.29. The van der Waals surface area contributed by atoms with Crippen LogP contribution in [-0.4, -0.2) is 9.55 Å². The van der Waals surface area contributed by atoms with E-state index in [1.54, 1.807) is 30.7 Å². The topological polar surface area (TPSA) is 34.9 Å². The fraction of sp³-hybridized carbons (Fsp3) is 0.0909. The van der Waals surface area contributed by atoms with Gasteiger partial charge in [-0.05, 0) is 11.6 Å². The number of nitrogens with zero attached hydrogens (tertiary/aromatic N) is 2. The quantitative estimate of drug-likeness (QED) is 0.708. The summed E-state index contributed by atoms with van der Waals surface area (Å²) in [6, 6.07) is 7.01. The van der Waals surface area contributed by atoms with E-state index >= 15 is 0 Å². The highest BCUT2D eigenvalue weighted by molar-refractivity contribution is 5.09. The molecule has 0 atom stereocenters. The minimum atomic E-state index is 0.0347. The van der Waals surface area contributed by atoms with Crippen LogP contribution in [0.5, 0.6) is 0 Å². The van der Waals surface area contributed by atoms with Crippen LogP contribution in [0.1, 0.15) is 5.56 Å². The molecule has 2 aromatic heterocycles. The van der Waals surface area contributed by atoms with Crippen molar-refractivity contribution in [3.8, 4) is 0 Å². The van der Waals surface area contributed by atoms with Gasteiger partial charge >= 0.3 is 0 Å². The lowest BCUT2D eigenvalue weighted by Gasteiger charge is -2.04. The molecule has 2 aromatic rings. The highest BCUT2D eigenvalue weighted by Crippen LogP contribution is 1.98. The van der Waals surface area contributed by atoms with Gasteiger partial charge in [0.05, 0.1) is 0 Å². The first-order chi connectivity index (χ1) is 6.84. The molecule has 2 rings (SSSR count). The molecule has 0 aliphatic rings. The van der Waals surface area contributed by atoms with Crippen molar-refractivity contribution in [2.45, 2.75) is 6.54 Å². The number of hydrogen-bond acceptors (Lipinski definition) is 2. The molecule has 3 heteroatoms. The second-order valence-corrected chi connectivity index (χ2v) is 3.07. The molecule has 0 aromatic carbocycles. The van der Waals surface area contributed by atoms with Crippen LogP contribution in [0.15, 0.2) is 53.8 Å². The third-order valence-electron chi connectivity index (χ3n) is 1.95. The van der Waals surface area contributed by atoms with Gasteiger partial charge in [-0.2, -0.15) is 0 Å². The Morgan fingerprint density at radius 2 is 2.00 bits per heavy atom. The number of hydrogen-bond donors (Lipinski definition) is 0. The van der Waals surface area contributed by atoms with Crippen LogP contribution >= 0.6 is 0 Å². The Morgan fingerprint density at radius 3 is 2.64 bits per heavy atom. The van der Waals surface area contributed by atoms with Crippen LogP contribution in [0.2, 0.25) is 0 Å². The van der Waals surface area contributed by atoms with Gasteiger partial charge in [0, 0.05) is 43.5 Å². The maximum Gasteiger partial charge on any atom is 0.181 e. The SMILES string of the molecule is O=c1ccn(Cc2cccnc2)cc1. The Balaban J connectivity index is 2.19. The molecule has 2 heterocycles. The van der Waals surface area contributed by atoms with Crippen LogP contribution in [0.4, 0.5) is 0 Å². The summed E-state index contributed by atoms with van der Waals surface area (Å²) in [6.07, 6.45) is 7.11. The molecule has 0 aliphatic heterocycles. The lowest BCUT2D eigenvalue weighted by Crippen LogP contribution is -2.04. The maximum absolute atomic E-state index is 10.8. The highest BCUT2D eigenvalue weighted by Gasteiger charge is 1.92. The smallest absolute Gasteiger partial charge is 0.181 e. The van der Waals surface area contributed by atoms with E-state index < -0.39 is 0 Å². The molecule has 0 bridgehead atoms. The lowest BCUT2D eigenvalue weighted by molar-refractivity contribution is 0.785. The Bertz CT molecular complexity index is 442. The minimum Gasteiger partial charge on any atom is -0.350 e. The molecule has 3 nitrogen and oxygen atoms in total. The normalized spacial score (nSPS) is 10.0. The second kappa shape index (κ2) is 3.87. The van der Waals surface area contributed by atoms with Gasteiger partial charge in [-0.3, -0.25) is 9.78 Å². The Kier molecular flexibility index (Phi) is 2.40. The molecule has 70 valence electrons. The molecule has 0 saturated heterocycles. The average molecular weight is 186 g/mol. The third kappa shape index (κ3) is 2.07. The minimum absolute atomic E-state index is 0.0347. The summed E-state index contributed by atoms with van der Waals surface area (Å²) in [7, 11) is 0. The van der Waals surface area contributed by atoms with Crippen molar-refractivity contribution in [2.75, 3.05) is 0 Å². The molecule has 0 N–H and O–H groups in total. The molecular formula is C11H10N2O. The number of pyridine rings is 2. The lowest BCUT2D eigenvalue weighted by atomic mass is 10.3. The number of rotatable bonds is 2. The monoisotopic (exact) mass is 186 g/mol. The molecular weight excluding hydrogens is 176 g/mol. The van der Waals surface area contributed by atoms with Crippen LogP contribution in [0, 0.1) is 0 Å². The van der Waals surface area contributed by atoms with Crippen LogP contribution in [0.25, 0.3) is 0 Å². The van der Waals surface area contributed by atoms with E-state index in [1.165, 1.54) is 0 Å². The zero-order chi connectivity index (χ0) is 9.80. The van der Waals surface area contributed by atoms with Crippen LogP contribution in [-0.2, 0) is 6.54 Å². The summed E-state index contributed by atoms with van der Waals surface area (Å²) in [4.78, 5) is 14.9. The highest BCUT2D eigenvalue weighted by atomic mass is 16.1. The van der Waals surface area contributed by atoms with Gasteiger partial charge in [-0.25, -0.2) is 0 Å². The molecule has 0 radical (unpaired) electrons. The van der Waals surface area contributed by atoms with Gasteiger partial charge in [-0.15, -0.1) is 0 Å². The summed E-state index contributed by atoms with van der Waals surface area (Å²) >= 11 is 0. The van der Waals surface area contributed by atoms with Gasteiger partial charge in [0.15, 0.2) is 5.43 Å². The first kappa shape index (κ1) is 8.69.